The van der Waals surface area contributed by atoms with E-state index in [0.717, 1.165) is 56.1 Å². The Morgan fingerprint density at radius 1 is 1.00 bits per heavy atom. The quantitative estimate of drug-likeness (QED) is 0.603. The van der Waals surface area contributed by atoms with Gasteiger partial charge in [0.15, 0.2) is 5.78 Å². The zero-order valence-electron chi connectivity index (χ0n) is 17.9. The molecule has 2 fully saturated rings. The van der Waals surface area contributed by atoms with Gasteiger partial charge in [-0.3, -0.25) is 9.59 Å². The fraction of sp³-hybridized carbons (Fsp3) is 0.520. The van der Waals surface area contributed by atoms with Gasteiger partial charge < -0.3 is 10.2 Å². The lowest BCUT2D eigenvalue weighted by atomic mass is 9.83. The number of thiophene rings is 1. The van der Waals surface area contributed by atoms with Gasteiger partial charge in [0.1, 0.15) is 5.82 Å². The van der Waals surface area contributed by atoms with Crippen LogP contribution in [0.15, 0.2) is 41.8 Å². The van der Waals surface area contributed by atoms with Gasteiger partial charge in [-0.05, 0) is 106 Å². The van der Waals surface area contributed by atoms with Crippen molar-refractivity contribution in [2.75, 3.05) is 19.6 Å². The molecular formula is C25H31FN2O2S. The number of rotatable bonds is 7. The molecular weight excluding hydrogens is 411 g/mol. The van der Waals surface area contributed by atoms with Crippen molar-refractivity contribution in [3.05, 3.63) is 58.0 Å². The molecule has 2 aromatic rings. The lowest BCUT2D eigenvalue weighted by molar-refractivity contribution is 0.0832. The van der Waals surface area contributed by atoms with Crippen molar-refractivity contribution >= 4 is 23.0 Å². The minimum absolute atomic E-state index is 0.0594. The summed E-state index contributed by atoms with van der Waals surface area (Å²) in [5, 5.41) is 5.13. The monoisotopic (exact) mass is 442 g/mol. The van der Waals surface area contributed by atoms with Crippen molar-refractivity contribution in [1.82, 2.24) is 10.2 Å². The van der Waals surface area contributed by atoms with Gasteiger partial charge in [0, 0.05) is 17.5 Å². The van der Waals surface area contributed by atoms with Crippen molar-refractivity contribution in [3.8, 4) is 0 Å². The summed E-state index contributed by atoms with van der Waals surface area (Å²) >= 11 is 1.49. The first-order valence-electron chi connectivity index (χ1n) is 11.4. The van der Waals surface area contributed by atoms with Gasteiger partial charge in [0.25, 0.3) is 5.91 Å². The molecule has 0 bridgehead atoms. The second-order valence-corrected chi connectivity index (χ2v) is 9.89. The molecule has 1 saturated heterocycles. The topological polar surface area (TPSA) is 49.4 Å². The summed E-state index contributed by atoms with van der Waals surface area (Å²) in [6.45, 7) is 3.02. The highest BCUT2D eigenvalue weighted by atomic mass is 32.1. The maximum atomic E-state index is 13.1. The van der Waals surface area contributed by atoms with Gasteiger partial charge in [0.05, 0.1) is 4.88 Å². The lowest BCUT2D eigenvalue weighted by Crippen LogP contribution is -2.39. The van der Waals surface area contributed by atoms with Crippen LogP contribution in [0, 0.1) is 17.7 Å². The number of piperidine rings is 1. The number of nitrogens with one attached hydrogen (secondary N) is 1. The number of carbonyl (C=O) groups is 2. The fourth-order valence-electron chi connectivity index (χ4n) is 4.89. The number of nitrogens with zero attached hydrogens (tertiary/aromatic N) is 1. The average Bonchev–Trinajstić information content (AvgIpc) is 3.34. The molecule has 2 aliphatic rings. The minimum atomic E-state index is -0.301. The lowest BCUT2D eigenvalue weighted by Gasteiger charge is -2.34. The molecule has 0 radical (unpaired) electrons. The van der Waals surface area contributed by atoms with E-state index in [-0.39, 0.29) is 23.4 Å². The first-order chi connectivity index (χ1) is 15.1. The van der Waals surface area contributed by atoms with Crippen LogP contribution in [0.5, 0.6) is 0 Å². The van der Waals surface area contributed by atoms with Gasteiger partial charge in [-0.15, -0.1) is 11.3 Å². The van der Waals surface area contributed by atoms with E-state index >= 15 is 0 Å². The average molecular weight is 443 g/mol. The normalized spacial score (nSPS) is 22.9. The summed E-state index contributed by atoms with van der Waals surface area (Å²) in [6, 6.07) is 10.0. The molecule has 0 spiro atoms. The Labute approximate surface area is 187 Å². The Morgan fingerprint density at radius 2 is 1.71 bits per heavy atom. The van der Waals surface area contributed by atoms with E-state index in [2.05, 4.69) is 10.2 Å². The Hall–Kier alpha value is -2.05. The van der Waals surface area contributed by atoms with E-state index in [1.165, 1.54) is 42.7 Å². The molecule has 1 saturated carbocycles. The molecule has 1 aromatic carbocycles. The molecule has 6 heteroatoms. The van der Waals surface area contributed by atoms with E-state index in [1.54, 1.807) is 12.1 Å². The maximum Gasteiger partial charge on any atom is 0.261 e. The molecule has 1 aliphatic carbocycles. The first-order valence-corrected chi connectivity index (χ1v) is 12.3. The highest BCUT2D eigenvalue weighted by molar-refractivity contribution is 7.12. The highest BCUT2D eigenvalue weighted by Gasteiger charge is 2.27. The minimum Gasteiger partial charge on any atom is -0.349 e. The zero-order valence-corrected chi connectivity index (χ0v) is 18.7. The Morgan fingerprint density at radius 3 is 2.35 bits per heavy atom. The van der Waals surface area contributed by atoms with Crippen LogP contribution in [0.25, 0.3) is 0 Å². The van der Waals surface area contributed by atoms with Crippen molar-refractivity contribution < 1.29 is 14.0 Å². The molecule has 0 atom stereocenters. The number of hydrogen-bond acceptors (Lipinski definition) is 4. The second-order valence-electron chi connectivity index (χ2n) is 8.94. The summed E-state index contributed by atoms with van der Waals surface area (Å²) in [5.41, 5.74) is 0.628. The smallest absolute Gasteiger partial charge is 0.261 e. The van der Waals surface area contributed by atoms with Gasteiger partial charge in [-0.25, -0.2) is 4.39 Å². The van der Waals surface area contributed by atoms with E-state index in [0.29, 0.717) is 11.6 Å². The van der Waals surface area contributed by atoms with Crippen LogP contribution in [0.4, 0.5) is 4.39 Å². The summed E-state index contributed by atoms with van der Waals surface area (Å²) in [7, 11) is 0. The fourth-order valence-corrected chi connectivity index (χ4v) is 5.52. The van der Waals surface area contributed by atoms with Gasteiger partial charge in [-0.1, -0.05) is 6.07 Å². The number of Topliss-reactive ketones (excluding diaryl/α,β-unsaturated/α-hetero) is 1. The van der Waals surface area contributed by atoms with Crippen LogP contribution in [-0.4, -0.2) is 42.3 Å². The van der Waals surface area contributed by atoms with Crippen molar-refractivity contribution in [3.63, 3.8) is 0 Å². The van der Waals surface area contributed by atoms with Crippen molar-refractivity contribution in [2.45, 2.75) is 51.0 Å². The van der Waals surface area contributed by atoms with Crippen LogP contribution in [0.1, 0.15) is 65.0 Å². The van der Waals surface area contributed by atoms with E-state index < -0.39 is 0 Å². The third-order valence-corrected chi connectivity index (χ3v) is 7.74. The Bertz CT molecular complexity index is 852. The van der Waals surface area contributed by atoms with Gasteiger partial charge in [-0.2, -0.15) is 0 Å². The van der Waals surface area contributed by atoms with Crippen LogP contribution >= 0.6 is 11.3 Å². The molecule has 4 rings (SSSR count). The first kappa shape index (κ1) is 22.2. The zero-order chi connectivity index (χ0) is 21.6. The third-order valence-electron chi connectivity index (χ3n) is 6.87. The molecule has 2 heterocycles. The molecule has 31 heavy (non-hydrogen) atoms. The number of benzene rings is 1. The Kier molecular flexibility index (Phi) is 7.51. The third kappa shape index (κ3) is 6.01. The number of likely N-dealkylation sites (tertiary alicyclic amines) is 1. The predicted molar refractivity (Wildman–Crippen MR) is 122 cm³/mol. The second kappa shape index (κ2) is 10.5. The highest BCUT2D eigenvalue weighted by Crippen LogP contribution is 2.29. The van der Waals surface area contributed by atoms with Crippen LogP contribution in [0.2, 0.25) is 0 Å². The van der Waals surface area contributed by atoms with Crippen molar-refractivity contribution in [1.29, 1.82) is 0 Å². The predicted octanol–water partition coefficient (Wildman–Crippen LogP) is 5.16. The molecule has 1 aromatic heterocycles. The number of amides is 1. The van der Waals surface area contributed by atoms with E-state index in [4.69, 9.17) is 0 Å². The van der Waals surface area contributed by atoms with Gasteiger partial charge >= 0.3 is 0 Å². The Balaban J connectivity index is 1.13. The van der Waals surface area contributed by atoms with Crippen LogP contribution in [0.3, 0.4) is 0 Å². The molecule has 1 amide bonds. The van der Waals surface area contributed by atoms with E-state index in [1.807, 2.05) is 17.5 Å². The number of halogens is 1. The SMILES string of the molecule is O=C(N[C@H]1CC[C@H](CCN2CCC(C(=O)c3ccc(F)cc3)CC2)CC1)c1cccs1. The van der Waals surface area contributed by atoms with E-state index in [9.17, 15) is 14.0 Å². The molecule has 1 N–H and O–H groups in total. The summed E-state index contributed by atoms with van der Waals surface area (Å²) in [4.78, 5) is 28.1. The molecule has 1 aliphatic heterocycles. The van der Waals surface area contributed by atoms with Crippen LogP contribution in [-0.2, 0) is 0 Å². The van der Waals surface area contributed by atoms with Crippen molar-refractivity contribution in [2.24, 2.45) is 11.8 Å². The summed E-state index contributed by atoms with van der Waals surface area (Å²) < 4.78 is 13.1. The molecule has 4 nitrogen and oxygen atoms in total. The summed E-state index contributed by atoms with van der Waals surface area (Å²) in [5.74, 6) is 0.710. The number of hydrogen-bond donors (Lipinski definition) is 1. The largest absolute Gasteiger partial charge is 0.349 e. The molecule has 166 valence electrons. The summed E-state index contributed by atoms with van der Waals surface area (Å²) in [6.07, 6.45) is 7.45. The maximum absolute atomic E-state index is 13.1. The molecule has 0 unspecified atom stereocenters. The van der Waals surface area contributed by atoms with Crippen LogP contribution < -0.4 is 5.32 Å². The number of carbonyl (C=O) groups excluding carboxylic acids is 2. The standard InChI is InChI=1S/C25H31FN2O2S/c26-21-7-5-19(6-8-21)24(29)20-12-15-28(16-13-20)14-11-18-3-9-22(10-4-18)27-25(30)23-2-1-17-31-23/h1-2,5-8,17-18,20,22H,3-4,9-16H2,(H,27,30)/t18-,22-. The number of ketones is 1. The van der Waals surface area contributed by atoms with Gasteiger partial charge in [0.2, 0.25) is 0 Å².